The maximum atomic E-state index is 5.06. The van der Waals surface area contributed by atoms with Crippen molar-refractivity contribution in [1.82, 2.24) is 40.4 Å². The number of benzene rings is 3. The fourth-order valence-corrected chi connectivity index (χ4v) is 8.60. The summed E-state index contributed by atoms with van der Waals surface area (Å²) < 4.78 is 0. The summed E-state index contributed by atoms with van der Waals surface area (Å²) in [5.74, 6) is 2.50. The molecule has 8 heteroatoms. The number of nitrogens with one attached hydrogen (secondary N) is 4. The number of allylic oxidation sites excluding steroid dienone is 2. The molecule has 0 unspecified atom stereocenters. The smallest absolute Gasteiger partial charge is 0.130 e. The number of nitrogens with zero attached hydrogens (tertiary/aromatic N) is 4. The first-order valence-electron chi connectivity index (χ1n) is 21.1. The zero-order valence-electron chi connectivity index (χ0n) is 33.5. The molecular formula is C48H60N8. The van der Waals surface area contributed by atoms with Crippen LogP contribution >= 0.6 is 0 Å². The van der Waals surface area contributed by atoms with Gasteiger partial charge in [-0.25, -0.2) is 9.97 Å². The van der Waals surface area contributed by atoms with Crippen LogP contribution < -0.4 is 10.6 Å². The standard InChI is InChI=1S/C34H36N6.C14H24N2/c1-4-21(2)37-33(23-7-8-23)22(3)40-15-5-6-32(40)34-38-29-14-13-27(18-30(29)39-34)25-9-10-26-17-28(12-11-24(26)16-25)31-19-35-20-36-31;1-4-11(2)15-14(13-7-8-13)12(3)16-9-5-6-10-16/h9-14,16-20,23,32-33,37H,2-8,15H2,1H3,(H,35,36)(H,38,39);13-15H,2-10H2,1H3/t32-,33+;14-/m01/s1. The summed E-state index contributed by atoms with van der Waals surface area (Å²) in [4.78, 5) is 21.0. The zero-order valence-corrected chi connectivity index (χ0v) is 33.5. The van der Waals surface area contributed by atoms with Gasteiger partial charge in [0.15, 0.2) is 0 Å². The van der Waals surface area contributed by atoms with Crippen LogP contribution in [0.1, 0.15) is 89.9 Å². The van der Waals surface area contributed by atoms with Crippen LogP contribution in [-0.2, 0) is 0 Å². The Hall–Kier alpha value is -5.24. The third-order valence-electron chi connectivity index (χ3n) is 12.4. The molecule has 0 spiro atoms. The van der Waals surface area contributed by atoms with E-state index >= 15 is 0 Å². The fourth-order valence-electron chi connectivity index (χ4n) is 8.60. The highest BCUT2D eigenvalue weighted by Gasteiger charge is 2.39. The van der Waals surface area contributed by atoms with Gasteiger partial charge >= 0.3 is 0 Å². The summed E-state index contributed by atoms with van der Waals surface area (Å²) in [5, 5.41) is 9.68. The van der Waals surface area contributed by atoms with E-state index in [1.165, 1.54) is 84.9 Å². The molecule has 2 saturated carbocycles. The van der Waals surface area contributed by atoms with E-state index in [0.29, 0.717) is 12.0 Å². The van der Waals surface area contributed by atoms with E-state index < -0.39 is 0 Å². The third-order valence-corrected chi connectivity index (χ3v) is 12.4. The molecule has 0 amide bonds. The molecule has 56 heavy (non-hydrogen) atoms. The molecule has 2 aliphatic heterocycles. The van der Waals surface area contributed by atoms with Crippen LogP contribution in [0.15, 0.2) is 116 Å². The lowest BCUT2D eigenvalue weighted by Gasteiger charge is -2.33. The summed E-state index contributed by atoms with van der Waals surface area (Å²) in [5.41, 5.74) is 11.4. The molecule has 2 aromatic heterocycles. The second-order valence-electron chi connectivity index (χ2n) is 16.5. The van der Waals surface area contributed by atoms with Crippen LogP contribution in [0.5, 0.6) is 0 Å². The van der Waals surface area contributed by atoms with Crippen molar-refractivity contribution in [3.63, 3.8) is 0 Å². The van der Waals surface area contributed by atoms with Crippen molar-refractivity contribution in [3.05, 3.63) is 122 Å². The van der Waals surface area contributed by atoms with Crippen LogP contribution in [0.25, 0.3) is 44.2 Å². The monoisotopic (exact) mass is 748 g/mol. The molecule has 4 heterocycles. The Morgan fingerprint density at radius 1 is 0.732 bits per heavy atom. The van der Waals surface area contributed by atoms with Gasteiger partial charge in [0.1, 0.15) is 5.82 Å². The Morgan fingerprint density at radius 2 is 1.34 bits per heavy atom. The van der Waals surface area contributed by atoms with Crippen LogP contribution in [0, 0.1) is 11.8 Å². The Kier molecular flexibility index (Phi) is 11.1. The van der Waals surface area contributed by atoms with E-state index in [9.17, 15) is 0 Å². The van der Waals surface area contributed by atoms with Crippen molar-refractivity contribution in [1.29, 1.82) is 0 Å². The molecule has 3 atom stereocenters. The van der Waals surface area contributed by atoms with Crippen molar-refractivity contribution in [2.45, 2.75) is 96.2 Å². The molecule has 8 nitrogen and oxygen atoms in total. The molecule has 2 aliphatic carbocycles. The minimum Gasteiger partial charge on any atom is -0.380 e. The molecule has 9 rings (SSSR count). The number of aromatic nitrogens is 4. The molecule has 2 saturated heterocycles. The maximum Gasteiger partial charge on any atom is 0.130 e. The van der Waals surface area contributed by atoms with Gasteiger partial charge in [0.25, 0.3) is 0 Å². The normalized spacial score (nSPS) is 19.1. The average Bonchev–Trinajstić information content (AvgIpc) is 3.91. The minimum absolute atomic E-state index is 0.228. The first-order valence-corrected chi connectivity index (χ1v) is 21.1. The van der Waals surface area contributed by atoms with Crippen LogP contribution in [0.3, 0.4) is 0 Å². The van der Waals surface area contributed by atoms with Gasteiger partial charge in [-0.3, -0.25) is 0 Å². The van der Waals surface area contributed by atoms with E-state index in [1.807, 2.05) is 6.20 Å². The quantitative estimate of drug-likeness (QED) is 0.0853. The zero-order chi connectivity index (χ0) is 38.8. The predicted molar refractivity (Wildman–Crippen MR) is 233 cm³/mol. The maximum absolute atomic E-state index is 5.06. The first kappa shape index (κ1) is 37.7. The number of likely N-dealkylation sites (tertiary alicyclic amines) is 2. The van der Waals surface area contributed by atoms with Gasteiger partial charge in [-0.15, -0.1) is 0 Å². The van der Waals surface area contributed by atoms with Crippen molar-refractivity contribution in [3.8, 4) is 22.4 Å². The topological polar surface area (TPSA) is 87.9 Å². The summed E-state index contributed by atoms with van der Waals surface area (Å²) in [6.45, 7) is 24.9. The SMILES string of the molecule is C=C(CC)N[C@H](C(=C)N1CCCC1)C1CC1.C=C(CC)N[C@H](C(=C)N1CCC[C@H]1c1nc2ccc(-c3ccc4cc(-c5cnc[nH]5)ccc4c3)cc2[nH]1)C1CC1. The van der Waals surface area contributed by atoms with Crippen molar-refractivity contribution in [2.24, 2.45) is 11.8 Å². The van der Waals surface area contributed by atoms with E-state index in [2.05, 4.69) is 130 Å². The number of hydrogen-bond acceptors (Lipinski definition) is 6. The number of rotatable bonds is 15. The third kappa shape index (κ3) is 8.30. The lowest BCUT2D eigenvalue weighted by atomic mass is 9.99. The van der Waals surface area contributed by atoms with E-state index in [1.54, 1.807) is 6.33 Å². The van der Waals surface area contributed by atoms with Gasteiger partial charge in [0.2, 0.25) is 0 Å². The molecule has 4 aliphatic rings. The van der Waals surface area contributed by atoms with Crippen molar-refractivity contribution < 1.29 is 0 Å². The highest BCUT2D eigenvalue weighted by atomic mass is 15.2. The highest BCUT2D eigenvalue weighted by Crippen LogP contribution is 2.42. The van der Waals surface area contributed by atoms with E-state index in [4.69, 9.17) is 4.98 Å². The summed E-state index contributed by atoms with van der Waals surface area (Å²) >= 11 is 0. The Labute approximate surface area is 333 Å². The number of fused-ring (bicyclic) bond motifs is 2. The van der Waals surface area contributed by atoms with E-state index in [-0.39, 0.29) is 12.1 Å². The minimum atomic E-state index is 0.228. The van der Waals surface area contributed by atoms with Gasteiger partial charge in [0.05, 0.1) is 47.4 Å². The van der Waals surface area contributed by atoms with Crippen LogP contribution in [0.4, 0.5) is 0 Å². The fraction of sp³-hybridized carbons (Fsp3) is 0.417. The van der Waals surface area contributed by atoms with Crippen LogP contribution in [-0.4, -0.2) is 61.5 Å². The summed E-state index contributed by atoms with van der Waals surface area (Å²) in [6.07, 6.45) is 15.6. The van der Waals surface area contributed by atoms with Crippen molar-refractivity contribution in [2.75, 3.05) is 19.6 Å². The Bertz CT molecular complexity index is 2200. The summed E-state index contributed by atoms with van der Waals surface area (Å²) in [7, 11) is 0. The second kappa shape index (κ2) is 16.5. The summed E-state index contributed by atoms with van der Waals surface area (Å²) in [6, 6.07) is 20.7. The van der Waals surface area contributed by atoms with Crippen molar-refractivity contribution >= 4 is 21.8 Å². The number of hydrogen-bond donors (Lipinski definition) is 4. The number of imidazole rings is 2. The predicted octanol–water partition coefficient (Wildman–Crippen LogP) is 10.6. The van der Waals surface area contributed by atoms with E-state index in [0.717, 1.165) is 77.7 Å². The number of H-pyrrole nitrogens is 2. The van der Waals surface area contributed by atoms with Crippen LogP contribution in [0.2, 0.25) is 0 Å². The first-order chi connectivity index (χ1) is 27.3. The molecule has 0 bridgehead atoms. The van der Waals surface area contributed by atoms with Gasteiger partial charge in [0, 0.05) is 48.0 Å². The van der Waals surface area contributed by atoms with Gasteiger partial charge < -0.3 is 30.4 Å². The Balaban J connectivity index is 0.000000231. The van der Waals surface area contributed by atoms with Gasteiger partial charge in [-0.2, -0.15) is 0 Å². The largest absolute Gasteiger partial charge is 0.380 e. The average molecular weight is 749 g/mol. The lowest BCUT2D eigenvalue weighted by molar-refractivity contribution is 0.282. The molecule has 3 aromatic carbocycles. The van der Waals surface area contributed by atoms with Gasteiger partial charge in [-0.1, -0.05) is 70.5 Å². The molecule has 5 aromatic rings. The molecule has 4 N–H and O–H groups in total. The number of aromatic amines is 2. The Morgan fingerprint density at radius 3 is 1.96 bits per heavy atom. The molecule has 4 fully saturated rings. The molecule has 292 valence electrons. The highest BCUT2D eigenvalue weighted by molar-refractivity contribution is 5.91. The second-order valence-corrected chi connectivity index (χ2v) is 16.5. The molecular weight excluding hydrogens is 689 g/mol. The van der Waals surface area contributed by atoms with Gasteiger partial charge in [-0.05, 0) is 122 Å². The lowest BCUT2D eigenvalue weighted by Crippen LogP contribution is -2.39. The molecule has 0 radical (unpaired) electrons.